The lowest BCUT2D eigenvalue weighted by Crippen LogP contribution is -2.49. The average Bonchev–Trinajstić information content (AvgIpc) is 2.56. The van der Waals surface area contributed by atoms with Crippen molar-refractivity contribution in [2.45, 2.75) is 25.6 Å². The fraction of sp³-hybridized carbons (Fsp3) is 0.417. The number of imidazole rings is 1. The van der Waals surface area contributed by atoms with E-state index in [2.05, 4.69) is 4.98 Å². The molecule has 0 radical (unpaired) electrons. The maximum atomic E-state index is 12.9. The second kappa shape index (κ2) is 3.71. The first kappa shape index (κ1) is 12.9. The van der Waals surface area contributed by atoms with E-state index in [4.69, 9.17) is 5.73 Å². The number of hydrogen-bond donors (Lipinski definition) is 1. The third-order valence-electron chi connectivity index (χ3n) is 3.15. The Balaban J connectivity index is 2.75. The van der Waals surface area contributed by atoms with E-state index in [1.807, 2.05) is 13.0 Å². The van der Waals surface area contributed by atoms with Crippen LogP contribution in [0.2, 0.25) is 0 Å². The smallest absolute Gasteiger partial charge is 0.329 e. The maximum absolute atomic E-state index is 12.9. The quantitative estimate of drug-likeness (QED) is 0.853. The molecular formula is C12H14F3N3. The van der Waals surface area contributed by atoms with E-state index in [-0.39, 0.29) is 5.82 Å². The van der Waals surface area contributed by atoms with Crippen molar-refractivity contribution in [2.75, 3.05) is 0 Å². The fourth-order valence-corrected chi connectivity index (χ4v) is 2.06. The molecule has 0 aliphatic rings. The number of nitrogens with zero attached hydrogens (tertiary/aromatic N) is 2. The van der Waals surface area contributed by atoms with Crippen molar-refractivity contribution < 1.29 is 13.2 Å². The summed E-state index contributed by atoms with van der Waals surface area (Å²) < 4.78 is 40.3. The first-order valence-corrected chi connectivity index (χ1v) is 5.44. The predicted molar refractivity (Wildman–Crippen MR) is 63.0 cm³/mol. The Labute approximate surface area is 102 Å². The van der Waals surface area contributed by atoms with Crippen LogP contribution < -0.4 is 5.73 Å². The van der Waals surface area contributed by atoms with Crippen LogP contribution in [0.4, 0.5) is 13.2 Å². The van der Waals surface area contributed by atoms with E-state index < -0.39 is 11.7 Å². The first-order chi connectivity index (χ1) is 8.16. The molecule has 2 N–H and O–H groups in total. The highest BCUT2D eigenvalue weighted by Crippen LogP contribution is 2.37. The van der Waals surface area contributed by atoms with Crippen LogP contribution in [-0.4, -0.2) is 15.7 Å². The van der Waals surface area contributed by atoms with Gasteiger partial charge in [-0.05, 0) is 25.5 Å². The second-order valence-corrected chi connectivity index (χ2v) is 4.64. The molecule has 0 aliphatic heterocycles. The van der Waals surface area contributed by atoms with E-state index in [0.29, 0.717) is 11.0 Å². The molecule has 1 atom stereocenters. The fourth-order valence-electron chi connectivity index (χ4n) is 2.06. The maximum Gasteiger partial charge on any atom is 0.413 e. The van der Waals surface area contributed by atoms with Gasteiger partial charge in [0.1, 0.15) is 5.82 Å². The Hall–Kier alpha value is -1.56. The summed E-state index contributed by atoms with van der Waals surface area (Å²) in [6, 6.07) is 5.27. The molecule has 1 aromatic carbocycles. The number of aromatic nitrogens is 2. The van der Waals surface area contributed by atoms with Gasteiger partial charge in [0.15, 0.2) is 5.54 Å². The molecule has 0 fully saturated rings. The van der Waals surface area contributed by atoms with Crippen molar-refractivity contribution in [3.8, 4) is 0 Å². The predicted octanol–water partition coefficient (Wildman–Crippen LogP) is 2.62. The monoisotopic (exact) mass is 257 g/mol. The largest absolute Gasteiger partial charge is 0.413 e. The molecule has 18 heavy (non-hydrogen) atoms. The molecule has 98 valence electrons. The molecule has 0 amide bonds. The lowest BCUT2D eigenvalue weighted by Gasteiger charge is -2.26. The Bertz CT molecular complexity index is 596. The number of para-hydroxylation sites is 1. The van der Waals surface area contributed by atoms with Gasteiger partial charge in [-0.25, -0.2) is 4.98 Å². The number of nitrogens with two attached hydrogens (primary N) is 1. The molecule has 3 nitrogen and oxygen atoms in total. The van der Waals surface area contributed by atoms with Crippen molar-refractivity contribution in [3.63, 3.8) is 0 Å². The summed E-state index contributed by atoms with van der Waals surface area (Å²) in [6.07, 6.45) is -4.55. The molecular weight excluding hydrogens is 243 g/mol. The van der Waals surface area contributed by atoms with Gasteiger partial charge in [0.05, 0.1) is 11.0 Å². The van der Waals surface area contributed by atoms with Crippen molar-refractivity contribution in [3.05, 3.63) is 29.6 Å². The SMILES string of the molecule is Cc1cccc2nc(C(C)(N)C(F)(F)F)n(C)c12. The van der Waals surface area contributed by atoms with Crippen molar-refractivity contribution in [1.82, 2.24) is 9.55 Å². The van der Waals surface area contributed by atoms with E-state index in [0.717, 1.165) is 12.5 Å². The minimum Gasteiger partial charge on any atom is -0.329 e. The summed E-state index contributed by atoms with van der Waals surface area (Å²) in [5.41, 5.74) is 5.02. The summed E-state index contributed by atoms with van der Waals surface area (Å²) >= 11 is 0. The van der Waals surface area contributed by atoms with Gasteiger partial charge in [-0.1, -0.05) is 12.1 Å². The molecule has 6 heteroatoms. The molecule has 2 aromatic rings. The third kappa shape index (κ3) is 1.68. The van der Waals surface area contributed by atoms with Crippen molar-refractivity contribution in [1.29, 1.82) is 0 Å². The lowest BCUT2D eigenvalue weighted by molar-refractivity contribution is -0.186. The molecule has 0 bridgehead atoms. The second-order valence-electron chi connectivity index (χ2n) is 4.64. The topological polar surface area (TPSA) is 43.8 Å². The van der Waals surface area contributed by atoms with Gasteiger partial charge in [0, 0.05) is 7.05 Å². The van der Waals surface area contributed by atoms with E-state index >= 15 is 0 Å². The van der Waals surface area contributed by atoms with Gasteiger partial charge in [0.25, 0.3) is 0 Å². The molecule has 0 saturated carbocycles. The number of rotatable bonds is 1. The highest BCUT2D eigenvalue weighted by molar-refractivity contribution is 5.79. The van der Waals surface area contributed by atoms with Crippen LogP contribution in [0.1, 0.15) is 18.3 Å². The lowest BCUT2D eigenvalue weighted by atomic mass is 10.0. The van der Waals surface area contributed by atoms with Gasteiger partial charge < -0.3 is 10.3 Å². The standard InChI is InChI=1S/C12H14F3N3/c1-7-5-4-6-8-9(7)18(3)10(17-8)11(2,16)12(13,14)15/h4-6H,16H2,1-3H3. The van der Waals surface area contributed by atoms with Crippen LogP contribution in [0.15, 0.2) is 18.2 Å². The summed E-state index contributed by atoms with van der Waals surface area (Å²) in [5, 5.41) is 0. The third-order valence-corrected chi connectivity index (χ3v) is 3.15. The minimum atomic E-state index is -4.55. The zero-order chi connectivity index (χ0) is 13.7. The molecule has 0 saturated heterocycles. The van der Waals surface area contributed by atoms with Crippen LogP contribution in [0.3, 0.4) is 0 Å². The Morgan fingerprint density at radius 2 is 1.89 bits per heavy atom. The summed E-state index contributed by atoms with van der Waals surface area (Å²) in [6.45, 7) is 2.76. The molecule has 1 unspecified atom stereocenters. The van der Waals surface area contributed by atoms with Crippen LogP contribution in [-0.2, 0) is 12.6 Å². The number of aryl methyl sites for hydroxylation is 2. The Morgan fingerprint density at radius 3 is 2.39 bits per heavy atom. The zero-order valence-electron chi connectivity index (χ0n) is 10.3. The molecule has 1 heterocycles. The number of hydrogen-bond acceptors (Lipinski definition) is 2. The van der Waals surface area contributed by atoms with Crippen LogP contribution >= 0.6 is 0 Å². The Morgan fingerprint density at radius 1 is 1.28 bits per heavy atom. The molecule has 0 spiro atoms. The van der Waals surface area contributed by atoms with Crippen LogP contribution in [0, 0.1) is 6.92 Å². The number of halogens is 3. The normalized spacial score (nSPS) is 15.9. The van der Waals surface area contributed by atoms with Gasteiger partial charge in [0.2, 0.25) is 0 Å². The highest BCUT2D eigenvalue weighted by Gasteiger charge is 2.52. The zero-order valence-corrected chi connectivity index (χ0v) is 10.3. The van der Waals surface area contributed by atoms with Crippen molar-refractivity contribution in [2.24, 2.45) is 12.8 Å². The van der Waals surface area contributed by atoms with E-state index in [9.17, 15) is 13.2 Å². The number of fused-ring (bicyclic) bond motifs is 1. The van der Waals surface area contributed by atoms with Gasteiger partial charge >= 0.3 is 6.18 Å². The summed E-state index contributed by atoms with van der Waals surface area (Å²) in [7, 11) is 1.55. The van der Waals surface area contributed by atoms with Gasteiger partial charge in [-0.15, -0.1) is 0 Å². The minimum absolute atomic E-state index is 0.181. The van der Waals surface area contributed by atoms with E-state index in [1.54, 1.807) is 19.2 Å². The van der Waals surface area contributed by atoms with Gasteiger partial charge in [-0.3, -0.25) is 0 Å². The van der Waals surface area contributed by atoms with E-state index in [1.165, 1.54) is 4.57 Å². The highest BCUT2D eigenvalue weighted by atomic mass is 19.4. The summed E-state index contributed by atoms with van der Waals surface area (Å²) in [5.74, 6) is -0.181. The van der Waals surface area contributed by atoms with Crippen LogP contribution in [0.25, 0.3) is 11.0 Å². The molecule has 2 rings (SSSR count). The average molecular weight is 257 g/mol. The van der Waals surface area contributed by atoms with Gasteiger partial charge in [-0.2, -0.15) is 13.2 Å². The summed E-state index contributed by atoms with van der Waals surface area (Å²) in [4.78, 5) is 4.03. The Kier molecular flexibility index (Phi) is 2.66. The van der Waals surface area contributed by atoms with Crippen molar-refractivity contribution >= 4 is 11.0 Å². The number of alkyl halides is 3. The first-order valence-electron chi connectivity index (χ1n) is 5.44. The van der Waals surface area contributed by atoms with Crippen LogP contribution in [0.5, 0.6) is 0 Å². The molecule has 1 aromatic heterocycles. The number of benzene rings is 1. The molecule has 0 aliphatic carbocycles.